The van der Waals surface area contributed by atoms with Crippen LogP contribution in [-0.2, 0) is 4.79 Å². The molecule has 0 N–H and O–H groups in total. The molecule has 0 aromatic heterocycles. The molecule has 4 nitrogen and oxygen atoms in total. The standard InChI is InChI=1S/C13H18N2O2S/c1-4-15(9-12(16)14(2)3)13(17)10-6-5-7-11(18)8-10/h5-8,18H,4,9H2,1-3H3. The van der Waals surface area contributed by atoms with Gasteiger partial charge >= 0.3 is 0 Å². The first-order valence-electron chi connectivity index (χ1n) is 5.74. The van der Waals surface area contributed by atoms with Gasteiger partial charge in [-0.2, -0.15) is 0 Å². The highest BCUT2D eigenvalue weighted by molar-refractivity contribution is 7.80. The molecule has 0 atom stereocenters. The normalized spacial score (nSPS) is 10.0. The van der Waals surface area contributed by atoms with Gasteiger partial charge in [-0.3, -0.25) is 9.59 Å². The third kappa shape index (κ3) is 3.77. The molecule has 0 spiro atoms. The smallest absolute Gasteiger partial charge is 0.254 e. The second kappa shape index (κ2) is 6.44. The molecule has 0 saturated carbocycles. The highest BCUT2D eigenvalue weighted by Gasteiger charge is 2.18. The van der Waals surface area contributed by atoms with E-state index in [0.717, 1.165) is 4.90 Å². The van der Waals surface area contributed by atoms with Crippen LogP contribution in [-0.4, -0.2) is 48.8 Å². The molecule has 2 amide bonds. The molecular formula is C13H18N2O2S. The number of thiol groups is 1. The van der Waals surface area contributed by atoms with Crippen molar-refractivity contribution in [3.05, 3.63) is 29.8 Å². The fourth-order valence-corrected chi connectivity index (χ4v) is 1.68. The summed E-state index contributed by atoms with van der Waals surface area (Å²) in [5.74, 6) is -0.240. The van der Waals surface area contributed by atoms with Gasteiger partial charge in [0.05, 0.1) is 6.54 Å². The number of likely N-dealkylation sites (N-methyl/N-ethyl adjacent to an activating group) is 2. The predicted molar refractivity (Wildman–Crippen MR) is 74.0 cm³/mol. The van der Waals surface area contributed by atoms with Crippen molar-refractivity contribution in [3.8, 4) is 0 Å². The fraction of sp³-hybridized carbons (Fsp3) is 0.385. The first-order valence-corrected chi connectivity index (χ1v) is 6.19. The van der Waals surface area contributed by atoms with E-state index in [9.17, 15) is 9.59 Å². The van der Waals surface area contributed by atoms with Gasteiger partial charge in [0.2, 0.25) is 5.91 Å². The number of nitrogens with zero attached hydrogens (tertiary/aromatic N) is 2. The van der Waals surface area contributed by atoms with Crippen molar-refractivity contribution in [3.63, 3.8) is 0 Å². The maximum atomic E-state index is 12.2. The van der Waals surface area contributed by atoms with Crippen LogP contribution in [0, 0.1) is 0 Å². The van der Waals surface area contributed by atoms with Gasteiger partial charge in [0.1, 0.15) is 0 Å². The maximum Gasteiger partial charge on any atom is 0.254 e. The zero-order valence-corrected chi connectivity index (χ0v) is 11.8. The lowest BCUT2D eigenvalue weighted by Gasteiger charge is -2.22. The number of hydrogen-bond donors (Lipinski definition) is 1. The van der Waals surface area contributed by atoms with Crippen LogP contribution in [0.5, 0.6) is 0 Å². The molecule has 0 unspecified atom stereocenters. The van der Waals surface area contributed by atoms with Gasteiger partial charge in [0, 0.05) is 31.1 Å². The number of carbonyl (C=O) groups excluding carboxylic acids is 2. The van der Waals surface area contributed by atoms with Crippen molar-refractivity contribution in [2.75, 3.05) is 27.2 Å². The van der Waals surface area contributed by atoms with Gasteiger partial charge in [-0.05, 0) is 25.1 Å². The van der Waals surface area contributed by atoms with E-state index in [4.69, 9.17) is 0 Å². The molecule has 0 saturated heterocycles. The van der Waals surface area contributed by atoms with E-state index in [1.165, 1.54) is 9.80 Å². The Kier molecular flexibility index (Phi) is 5.22. The lowest BCUT2D eigenvalue weighted by molar-refractivity contribution is -0.129. The number of rotatable bonds is 4. The van der Waals surface area contributed by atoms with E-state index in [2.05, 4.69) is 12.6 Å². The summed E-state index contributed by atoms with van der Waals surface area (Å²) in [5.41, 5.74) is 0.552. The molecule has 0 heterocycles. The lowest BCUT2D eigenvalue weighted by Crippen LogP contribution is -2.40. The summed E-state index contributed by atoms with van der Waals surface area (Å²) < 4.78 is 0. The number of benzene rings is 1. The van der Waals surface area contributed by atoms with Crippen LogP contribution in [0.1, 0.15) is 17.3 Å². The van der Waals surface area contributed by atoms with E-state index >= 15 is 0 Å². The molecule has 0 aliphatic rings. The van der Waals surface area contributed by atoms with E-state index in [1.807, 2.05) is 6.92 Å². The summed E-state index contributed by atoms with van der Waals surface area (Å²) in [6, 6.07) is 7.01. The molecule has 0 radical (unpaired) electrons. The Balaban J connectivity index is 2.83. The van der Waals surface area contributed by atoms with Gasteiger partial charge in [-0.15, -0.1) is 12.6 Å². The summed E-state index contributed by atoms with van der Waals surface area (Å²) in [7, 11) is 3.35. The minimum atomic E-state index is -0.149. The van der Waals surface area contributed by atoms with Crippen molar-refractivity contribution in [1.82, 2.24) is 9.80 Å². The molecule has 0 aliphatic carbocycles. The Labute approximate surface area is 113 Å². The molecule has 1 rings (SSSR count). The maximum absolute atomic E-state index is 12.2. The van der Waals surface area contributed by atoms with Gasteiger partial charge in [-0.1, -0.05) is 6.07 Å². The summed E-state index contributed by atoms with van der Waals surface area (Å²) >= 11 is 4.20. The Morgan fingerprint density at radius 2 is 1.94 bits per heavy atom. The molecule has 1 aromatic carbocycles. The van der Waals surface area contributed by atoms with Crippen LogP contribution in [0.4, 0.5) is 0 Å². The molecule has 98 valence electrons. The lowest BCUT2D eigenvalue weighted by atomic mass is 10.2. The van der Waals surface area contributed by atoms with Gasteiger partial charge in [0.15, 0.2) is 0 Å². The zero-order valence-electron chi connectivity index (χ0n) is 10.9. The summed E-state index contributed by atoms with van der Waals surface area (Å²) in [6.07, 6.45) is 0. The Bertz CT molecular complexity index is 446. The molecular weight excluding hydrogens is 248 g/mol. The van der Waals surface area contributed by atoms with Crippen molar-refractivity contribution < 1.29 is 9.59 Å². The van der Waals surface area contributed by atoms with E-state index in [-0.39, 0.29) is 18.4 Å². The topological polar surface area (TPSA) is 40.6 Å². The average Bonchev–Trinajstić information content (AvgIpc) is 2.34. The highest BCUT2D eigenvalue weighted by Crippen LogP contribution is 2.11. The Morgan fingerprint density at radius 1 is 1.28 bits per heavy atom. The predicted octanol–water partition coefficient (Wildman–Crippen LogP) is 1.53. The van der Waals surface area contributed by atoms with Crippen LogP contribution in [0.3, 0.4) is 0 Å². The van der Waals surface area contributed by atoms with Crippen molar-refractivity contribution in [2.24, 2.45) is 0 Å². The SMILES string of the molecule is CCN(CC(=O)N(C)C)C(=O)c1cccc(S)c1. The fourth-order valence-electron chi connectivity index (χ4n) is 1.45. The minimum absolute atomic E-state index is 0.0905. The van der Waals surface area contributed by atoms with Crippen LogP contribution in [0.15, 0.2) is 29.2 Å². The van der Waals surface area contributed by atoms with Crippen LogP contribution >= 0.6 is 12.6 Å². The molecule has 1 aromatic rings. The summed E-state index contributed by atoms with van der Waals surface area (Å²) in [4.78, 5) is 27.6. The van der Waals surface area contributed by atoms with Crippen LogP contribution in [0.25, 0.3) is 0 Å². The van der Waals surface area contributed by atoms with E-state index in [0.29, 0.717) is 12.1 Å². The van der Waals surface area contributed by atoms with Crippen molar-refractivity contribution >= 4 is 24.4 Å². The second-order valence-electron chi connectivity index (χ2n) is 4.16. The monoisotopic (exact) mass is 266 g/mol. The minimum Gasteiger partial charge on any atom is -0.347 e. The second-order valence-corrected chi connectivity index (χ2v) is 4.67. The first-order chi connectivity index (χ1) is 8.45. The quantitative estimate of drug-likeness (QED) is 0.840. The molecule has 5 heteroatoms. The van der Waals surface area contributed by atoms with Crippen LogP contribution in [0.2, 0.25) is 0 Å². The summed E-state index contributed by atoms with van der Waals surface area (Å²) in [6.45, 7) is 2.44. The van der Waals surface area contributed by atoms with Crippen molar-refractivity contribution in [2.45, 2.75) is 11.8 Å². The van der Waals surface area contributed by atoms with Crippen LogP contribution < -0.4 is 0 Å². The molecule has 0 fully saturated rings. The van der Waals surface area contributed by atoms with Gasteiger partial charge < -0.3 is 9.80 Å². The third-order valence-corrected chi connectivity index (χ3v) is 2.87. The van der Waals surface area contributed by atoms with E-state index < -0.39 is 0 Å². The third-order valence-electron chi connectivity index (χ3n) is 2.59. The van der Waals surface area contributed by atoms with Gasteiger partial charge in [0.25, 0.3) is 5.91 Å². The average molecular weight is 266 g/mol. The Hall–Kier alpha value is -1.49. The molecule has 0 aliphatic heterocycles. The first kappa shape index (κ1) is 14.6. The number of carbonyl (C=O) groups is 2. The number of hydrogen-bond acceptors (Lipinski definition) is 3. The van der Waals surface area contributed by atoms with Gasteiger partial charge in [-0.25, -0.2) is 0 Å². The highest BCUT2D eigenvalue weighted by atomic mass is 32.1. The summed E-state index contributed by atoms with van der Waals surface area (Å²) in [5, 5.41) is 0. The largest absolute Gasteiger partial charge is 0.347 e. The number of amides is 2. The van der Waals surface area contributed by atoms with E-state index in [1.54, 1.807) is 38.4 Å². The molecule has 0 bridgehead atoms. The molecule has 18 heavy (non-hydrogen) atoms. The van der Waals surface area contributed by atoms with Crippen molar-refractivity contribution in [1.29, 1.82) is 0 Å². The zero-order chi connectivity index (χ0) is 13.7. The Morgan fingerprint density at radius 3 is 2.44 bits per heavy atom.